The quantitative estimate of drug-likeness (QED) is 0.0970. The van der Waals surface area contributed by atoms with Gasteiger partial charge in [-0.05, 0) is 48.0 Å². The largest absolute Gasteiger partial charge is 0.462 e. The minimum Gasteiger partial charge on any atom is -0.462 e. The molecule has 13 nitrogen and oxygen atoms in total. The number of aliphatic hydroxyl groups excluding tert-OH is 1. The number of ether oxygens (including phenoxy) is 3. The predicted octanol–water partition coefficient (Wildman–Crippen LogP) is 2.79. The van der Waals surface area contributed by atoms with Gasteiger partial charge in [-0.1, -0.05) is 19.8 Å². The molecule has 38 heavy (non-hydrogen) atoms. The molecule has 0 amide bonds. The SMILES string of the molecule is CCCCCOC(O)C(C)(C)NP(=O)(CO[C@H](C)Cn1cnc2c(N)ncnc21)N[C@H](C)C(=O)OC(C)C. The van der Waals surface area contributed by atoms with Crippen molar-refractivity contribution in [2.45, 2.75) is 104 Å². The minimum absolute atomic E-state index is 0.275. The molecule has 2 aromatic heterocycles. The smallest absolute Gasteiger partial charge is 0.323 e. The van der Waals surface area contributed by atoms with Crippen LogP contribution in [0.4, 0.5) is 5.82 Å². The summed E-state index contributed by atoms with van der Waals surface area (Å²) in [5, 5.41) is 16.5. The second-order valence-corrected chi connectivity index (χ2v) is 12.5. The number of aromatic nitrogens is 4. The summed E-state index contributed by atoms with van der Waals surface area (Å²) in [6.07, 6.45) is 3.49. The van der Waals surface area contributed by atoms with Gasteiger partial charge in [-0.25, -0.2) is 25.1 Å². The van der Waals surface area contributed by atoms with Gasteiger partial charge in [-0.2, -0.15) is 0 Å². The van der Waals surface area contributed by atoms with Crippen LogP contribution in [0.25, 0.3) is 11.2 Å². The Bertz CT molecular complexity index is 1080. The molecule has 0 aliphatic rings. The Hall–Kier alpha value is -2.15. The first kappa shape index (κ1) is 32.1. The van der Waals surface area contributed by atoms with E-state index in [0.29, 0.717) is 24.3 Å². The molecule has 0 radical (unpaired) electrons. The number of anilines is 1. The number of esters is 1. The highest BCUT2D eigenvalue weighted by Crippen LogP contribution is 2.41. The zero-order chi connectivity index (χ0) is 28.5. The standard InChI is InChI=1S/C24H44N7O6P/c1-8-9-10-11-35-23(33)24(6,7)30-38(34,29-18(5)22(32)37-16(2)3)15-36-17(4)12-31-14-28-19-20(25)26-13-27-21(19)31/h13-14,16-18,23,33H,8-12,15H2,1-7H3,(H2,25,26,27)(H2,29,30,34)/t17-,18-,23?,38?/m1/s1. The number of hydrogen-bond acceptors (Lipinski definition) is 10. The highest BCUT2D eigenvalue weighted by molar-refractivity contribution is 7.59. The Balaban J connectivity index is 2.13. The second-order valence-electron chi connectivity index (χ2n) is 10.3. The fourth-order valence-corrected chi connectivity index (χ4v) is 6.11. The van der Waals surface area contributed by atoms with Crippen LogP contribution in [-0.2, 0) is 30.1 Å². The van der Waals surface area contributed by atoms with E-state index in [4.69, 9.17) is 19.9 Å². The molecule has 2 aromatic rings. The fourth-order valence-electron chi connectivity index (χ4n) is 3.67. The number of nitrogens with zero attached hydrogens (tertiary/aromatic N) is 4. The maximum atomic E-state index is 14.1. The first-order chi connectivity index (χ1) is 17.8. The van der Waals surface area contributed by atoms with Crippen LogP contribution < -0.4 is 15.9 Å². The lowest BCUT2D eigenvalue weighted by molar-refractivity contribution is -0.149. The topological polar surface area (TPSA) is 176 Å². The molecule has 4 atom stereocenters. The van der Waals surface area contributed by atoms with Crippen LogP contribution in [0.3, 0.4) is 0 Å². The van der Waals surface area contributed by atoms with Gasteiger partial charge in [0.05, 0.1) is 30.6 Å². The normalized spacial score (nSPS) is 16.3. The third-order valence-corrected chi connectivity index (χ3v) is 7.90. The maximum absolute atomic E-state index is 14.1. The first-order valence-corrected chi connectivity index (χ1v) is 14.9. The number of nitrogens with one attached hydrogen (secondary N) is 2. The third-order valence-electron chi connectivity index (χ3n) is 5.64. The van der Waals surface area contributed by atoms with E-state index in [9.17, 15) is 14.5 Å². The third kappa shape index (κ3) is 9.55. The molecule has 2 unspecified atom stereocenters. The van der Waals surface area contributed by atoms with Gasteiger partial charge in [-0.3, -0.25) is 9.36 Å². The molecule has 0 aliphatic carbocycles. The lowest BCUT2D eigenvalue weighted by Crippen LogP contribution is -2.52. The Morgan fingerprint density at radius 2 is 1.89 bits per heavy atom. The fraction of sp³-hybridized carbons (Fsp3) is 0.750. The van der Waals surface area contributed by atoms with Crippen molar-refractivity contribution < 1.29 is 28.7 Å². The number of rotatable bonds is 17. The van der Waals surface area contributed by atoms with E-state index < -0.39 is 37.4 Å². The Labute approximate surface area is 224 Å². The van der Waals surface area contributed by atoms with Gasteiger partial charge in [0.2, 0.25) is 7.44 Å². The average Bonchev–Trinajstić information content (AvgIpc) is 3.23. The van der Waals surface area contributed by atoms with Gasteiger partial charge in [-0.15, -0.1) is 0 Å². The van der Waals surface area contributed by atoms with Crippen molar-refractivity contribution in [3.8, 4) is 0 Å². The van der Waals surface area contributed by atoms with E-state index >= 15 is 0 Å². The summed E-state index contributed by atoms with van der Waals surface area (Å²) in [5.41, 5.74) is 5.78. The van der Waals surface area contributed by atoms with Gasteiger partial charge >= 0.3 is 5.97 Å². The molecule has 0 spiro atoms. The molecule has 0 fully saturated rings. The van der Waals surface area contributed by atoms with Crippen molar-refractivity contribution in [3.63, 3.8) is 0 Å². The van der Waals surface area contributed by atoms with Crippen molar-refractivity contribution >= 4 is 30.4 Å². The van der Waals surface area contributed by atoms with Crippen molar-refractivity contribution in [3.05, 3.63) is 12.7 Å². The molecular formula is C24H44N7O6P. The van der Waals surface area contributed by atoms with E-state index in [0.717, 1.165) is 19.3 Å². The lowest BCUT2D eigenvalue weighted by Gasteiger charge is -2.36. The highest BCUT2D eigenvalue weighted by Gasteiger charge is 2.39. The number of carbonyl (C=O) groups excluding carboxylic acids is 1. The number of hydrogen-bond donors (Lipinski definition) is 4. The number of nitrogens with two attached hydrogens (primary N) is 1. The van der Waals surface area contributed by atoms with E-state index in [2.05, 4.69) is 32.1 Å². The van der Waals surface area contributed by atoms with Gasteiger partial charge in [0.1, 0.15) is 24.2 Å². The van der Waals surface area contributed by atoms with Gasteiger partial charge < -0.3 is 29.6 Å². The van der Waals surface area contributed by atoms with Crippen LogP contribution in [-0.4, -0.2) is 73.6 Å². The van der Waals surface area contributed by atoms with E-state index in [1.54, 1.807) is 45.5 Å². The van der Waals surface area contributed by atoms with Crippen molar-refractivity contribution in [2.24, 2.45) is 0 Å². The summed E-state index contributed by atoms with van der Waals surface area (Å²) in [5.74, 6) is -0.272. The average molecular weight is 558 g/mol. The number of imidazole rings is 1. The number of nitrogen functional groups attached to an aromatic ring is 1. The molecule has 0 aliphatic heterocycles. The zero-order valence-electron chi connectivity index (χ0n) is 23.5. The lowest BCUT2D eigenvalue weighted by atomic mass is 10.1. The van der Waals surface area contributed by atoms with Crippen LogP contribution in [0.2, 0.25) is 0 Å². The summed E-state index contributed by atoms with van der Waals surface area (Å²) >= 11 is 0. The molecule has 0 saturated carbocycles. The monoisotopic (exact) mass is 557 g/mol. The summed E-state index contributed by atoms with van der Waals surface area (Å²) in [4.78, 5) is 24.9. The van der Waals surface area contributed by atoms with Crippen LogP contribution in [0, 0.1) is 0 Å². The van der Waals surface area contributed by atoms with E-state index in [-0.39, 0.29) is 18.3 Å². The highest BCUT2D eigenvalue weighted by atomic mass is 31.2. The molecule has 2 rings (SSSR count). The summed E-state index contributed by atoms with van der Waals surface area (Å²) < 4.78 is 32.7. The summed E-state index contributed by atoms with van der Waals surface area (Å²) in [7, 11) is -3.63. The van der Waals surface area contributed by atoms with Crippen LogP contribution in [0.1, 0.15) is 67.7 Å². The Kier molecular flexibility index (Phi) is 12.1. The summed E-state index contributed by atoms with van der Waals surface area (Å²) in [6.45, 7) is 13.0. The van der Waals surface area contributed by atoms with Crippen LogP contribution >= 0.6 is 7.44 Å². The predicted molar refractivity (Wildman–Crippen MR) is 145 cm³/mol. The zero-order valence-corrected chi connectivity index (χ0v) is 24.4. The van der Waals surface area contributed by atoms with Crippen molar-refractivity contribution in [1.82, 2.24) is 29.7 Å². The number of unbranched alkanes of at least 4 members (excludes halogenated alkanes) is 2. The minimum atomic E-state index is -3.63. The molecule has 0 saturated heterocycles. The number of fused-ring (bicyclic) bond motifs is 1. The maximum Gasteiger partial charge on any atom is 0.323 e. The molecule has 0 aromatic carbocycles. The molecule has 5 N–H and O–H groups in total. The van der Waals surface area contributed by atoms with Crippen molar-refractivity contribution in [1.29, 1.82) is 0 Å². The van der Waals surface area contributed by atoms with Crippen LogP contribution in [0.5, 0.6) is 0 Å². The van der Waals surface area contributed by atoms with Gasteiger partial charge in [0, 0.05) is 6.61 Å². The molecular weight excluding hydrogens is 513 g/mol. The first-order valence-electron chi connectivity index (χ1n) is 13.0. The van der Waals surface area contributed by atoms with E-state index in [1.165, 1.54) is 6.33 Å². The molecule has 2 heterocycles. The molecule has 0 bridgehead atoms. The molecule has 14 heteroatoms. The summed E-state index contributed by atoms with van der Waals surface area (Å²) in [6, 6.07) is -0.898. The Morgan fingerprint density at radius 1 is 1.18 bits per heavy atom. The second kappa shape index (κ2) is 14.3. The Morgan fingerprint density at radius 3 is 2.55 bits per heavy atom. The van der Waals surface area contributed by atoms with Gasteiger partial charge in [0.15, 0.2) is 17.8 Å². The van der Waals surface area contributed by atoms with E-state index in [1.807, 2.05) is 6.92 Å². The molecule has 216 valence electrons. The van der Waals surface area contributed by atoms with Crippen molar-refractivity contribution in [2.75, 3.05) is 18.7 Å². The number of aliphatic hydroxyl groups is 1. The van der Waals surface area contributed by atoms with Crippen LogP contribution in [0.15, 0.2) is 12.7 Å². The number of carbonyl (C=O) groups is 1. The van der Waals surface area contributed by atoms with Gasteiger partial charge in [0.25, 0.3) is 0 Å².